The van der Waals surface area contributed by atoms with E-state index in [2.05, 4.69) is 32.9 Å². The second-order valence-corrected chi connectivity index (χ2v) is 5.07. The Morgan fingerprint density at radius 2 is 2.06 bits per heavy atom. The van der Waals surface area contributed by atoms with Gasteiger partial charge in [-0.1, -0.05) is 38.3 Å². The van der Waals surface area contributed by atoms with Crippen molar-refractivity contribution in [3.05, 3.63) is 29.8 Å². The third-order valence-corrected chi connectivity index (χ3v) is 3.29. The summed E-state index contributed by atoms with van der Waals surface area (Å²) in [4.78, 5) is 13.8. The zero-order valence-corrected chi connectivity index (χ0v) is 12.1. The number of unbranched alkanes of at least 4 members (excludes halogenated alkanes) is 2. The molecule has 1 aromatic rings. The van der Waals surface area contributed by atoms with Crippen LogP contribution in [0, 0.1) is 6.92 Å². The molecule has 0 aliphatic carbocycles. The molecule has 0 bridgehead atoms. The topological polar surface area (TPSA) is 20.3 Å². The van der Waals surface area contributed by atoms with Crippen LogP contribution in [-0.2, 0) is 4.79 Å². The number of rotatable bonds is 6. The Kier molecular flexibility index (Phi) is 5.90. The summed E-state index contributed by atoms with van der Waals surface area (Å²) in [5, 5.41) is 0. The van der Waals surface area contributed by atoms with E-state index in [0.717, 1.165) is 12.1 Å². The van der Waals surface area contributed by atoms with Crippen LogP contribution in [0.1, 0.15) is 52.0 Å². The summed E-state index contributed by atoms with van der Waals surface area (Å²) < 4.78 is 0. The quantitative estimate of drug-likeness (QED) is 0.686. The molecule has 0 aliphatic rings. The molecule has 0 saturated carbocycles. The van der Waals surface area contributed by atoms with E-state index in [1.165, 1.54) is 24.8 Å². The van der Waals surface area contributed by atoms with Crippen molar-refractivity contribution in [2.45, 2.75) is 59.4 Å². The van der Waals surface area contributed by atoms with Crippen LogP contribution in [0.5, 0.6) is 0 Å². The predicted octanol–water partition coefficient (Wildman–Crippen LogP) is 4.32. The maximum Gasteiger partial charge on any atom is 0.224 e. The normalized spacial score (nSPS) is 12.2. The summed E-state index contributed by atoms with van der Waals surface area (Å²) in [6, 6.07) is 8.45. The van der Waals surface area contributed by atoms with E-state index >= 15 is 0 Å². The third kappa shape index (κ3) is 4.17. The van der Waals surface area contributed by atoms with Crippen LogP contribution in [0.2, 0.25) is 0 Å². The lowest BCUT2D eigenvalue weighted by Gasteiger charge is -2.28. The third-order valence-electron chi connectivity index (χ3n) is 3.29. The molecular weight excluding hydrogens is 222 g/mol. The molecule has 0 heterocycles. The number of hydrogen-bond acceptors (Lipinski definition) is 1. The molecule has 0 radical (unpaired) electrons. The lowest BCUT2D eigenvalue weighted by Crippen LogP contribution is -2.37. The van der Waals surface area contributed by atoms with Crippen LogP contribution >= 0.6 is 0 Å². The van der Waals surface area contributed by atoms with E-state index in [-0.39, 0.29) is 11.9 Å². The standard InChI is InChI=1S/C16H25NO/c1-5-6-7-10-14(3)17(15(4)18)16-11-8-9-13(2)12-16/h8-9,11-12,14H,5-7,10H2,1-4H3. The van der Waals surface area contributed by atoms with Gasteiger partial charge < -0.3 is 4.90 Å². The molecule has 2 nitrogen and oxygen atoms in total. The van der Waals surface area contributed by atoms with E-state index in [0.29, 0.717) is 0 Å². The monoisotopic (exact) mass is 247 g/mol. The molecular formula is C16H25NO. The van der Waals surface area contributed by atoms with Gasteiger partial charge in [0.25, 0.3) is 0 Å². The van der Waals surface area contributed by atoms with Crippen molar-refractivity contribution in [3.63, 3.8) is 0 Å². The van der Waals surface area contributed by atoms with Crippen molar-refractivity contribution in [2.75, 3.05) is 4.90 Å². The number of hydrogen-bond donors (Lipinski definition) is 0. The van der Waals surface area contributed by atoms with Gasteiger partial charge in [0.15, 0.2) is 0 Å². The second kappa shape index (κ2) is 7.20. The SMILES string of the molecule is CCCCCC(C)N(C(C)=O)c1cccc(C)c1. The maximum atomic E-state index is 11.9. The van der Waals surface area contributed by atoms with Gasteiger partial charge in [-0.15, -0.1) is 0 Å². The molecule has 100 valence electrons. The molecule has 1 unspecified atom stereocenters. The van der Waals surface area contributed by atoms with E-state index in [1.54, 1.807) is 6.92 Å². The van der Waals surface area contributed by atoms with Crippen molar-refractivity contribution in [1.29, 1.82) is 0 Å². The maximum absolute atomic E-state index is 11.9. The predicted molar refractivity (Wildman–Crippen MR) is 77.9 cm³/mol. The fourth-order valence-corrected chi connectivity index (χ4v) is 2.34. The molecule has 1 aromatic carbocycles. The summed E-state index contributed by atoms with van der Waals surface area (Å²) in [6.07, 6.45) is 4.72. The number of amides is 1. The Morgan fingerprint density at radius 3 is 2.61 bits per heavy atom. The Balaban J connectivity index is 2.79. The molecule has 0 aliphatic heterocycles. The zero-order valence-electron chi connectivity index (χ0n) is 12.1. The number of aryl methyl sites for hydroxylation is 1. The minimum atomic E-state index is 0.129. The van der Waals surface area contributed by atoms with Crippen molar-refractivity contribution < 1.29 is 4.79 Å². The lowest BCUT2D eigenvalue weighted by molar-refractivity contribution is -0.117. The van der Waals surface area contributed by atoms with Crippen LogP contribution < -0.4 is 4.90 Å². The first-order chi connectivity index (χ1) is 8.56. The van der Waals surface area contributed by atoms with E-state index < -0.39 is 0 Å². The Labute approximate surface area is 111 Å². The highest BCUT2D eigenvalue weighted by atomic mass is 16.2. The molecule has 0 saturated heterocycles. The lowest BCUT2D eigenvalue weighted by atomic mass is 10.1. The highest BCUT2D eigenvalue weighted by molar-refractivity contribution is 5.92. The van der Waals surface area contributed by atoms with Gasteiger partial charge >= 0.3 is 0 Å². The summed E-state index contributed by atoms with van der Waals surface area (Å²) in [5.41, 5.74) is 2.21. The highest BCUT2D eigenvalue weighted by Gasteiger charge is 2.18. The Hall–Kier alpha value is -1.31. The smallest absolute Gasteiger partial charge is 0.224 e. The first-order valence-corrected chi connectivity index (χ1v) is 6.92. The molecule has 1 amide bonds. The molecule has 1 atom stereocenters. The van der Waals surface area contributed by atoms with Gasteiger partial charge in [-0.25, -0.2) is 0 Å². The fourth-order valence-electron chi connectivity index (χ4n) is 2.34. The minimum Gasteiger partial charge on any atom is -0.310 e. The van der Waals surface area contributed by atoms with Gasteiger partial charge in [0, 0.05) is 18.7 Å². The van der Waals surface area contributed by atoms with Gasteiger partial charge in [0.05, 0.1) is 0 Å². The number of nitrogens with zero attached hydrogens (tertiary/aromatic N) is 1. The van der Waals surface area contributed by atoms with Crippen molar-refractivity contribution >= 4 is 11.6 Å². The number of benzene rings is 1. The van der Waals surface area contributed by atoms with E-state index in [4.69, 9.17) is 0 Å². The summed E-state index contributed by atoms with van der Waals surface area (Å²) >= 11 is 0. The molecule has 18 heavy (non-hydrogen) atoms. The summed E-state index contributed by atoms with van der Waals surface area (Å²) in [5.74, 6) is 0.129. The van der Waals surface area contributed by atoms with Gasteiger partial charge in [-0.3, -0.25) is 4.79 Å². The van der Waals surface area contributed by atoms with Gasteiger partial charge in [-0.2, -0.15) is 0 Å². The van der Waals surface area contributed by atoms with Crippen molar-refractivity contribution in [1.82, 2.24) is 0 Å². The number of carbonyl (C=O) groups is 1. The molecule has 0 N–H and O–H groups in total. The molecule has 2 heteroatoms. The Bertz CT molecular complexity index is 386. The minimum absolute atomic E-state index is 0.129. The van der Waals surface area contributed by atoms with Crippen LogP contribution in [0.3, 0.4) is 0 Å². The van der Waals surface area contributed by atoms with Crippen LogP contribution in [0.4, 0.5) is 5.69 Å². The van der Waals surface area contributed by atoms with Crippen LogP contribution in [-0.4, -0.2) is 11.9 Å². The molecule has 0 aromatic heterocycles. The van der Waals surface area contributed by atoms with Gasteiger partial charge in [0.1, 0.15) is 0 Å². The molecule has 0 spiro atoms. The van der Waals surface area contributed by atoms with E-state index in [1.807, 2.05) is 17.0 Å². The van der Waals surface area contributed by atoms with Gasteiger partial charge in [0.2, 0.25) is 5.91 Å². The average Bonchev–Trinajstić information content (AvgIpc) is 2.29. The number of carbonyl (C=O) groups excluding carboxylic acids is 1. The largest absolute Gasteiger partial charge is 0.310 e. The molecule has 0 fully saturated rings. The highest BCUT2D eigenvalue weighted by Crippen LogP contribution is 2.21. The van der Waals surface area contributed by atoms with Crippen molar-refractivity contribution in [3.8, 4) is 0 Å². The zero-order chi connectivity index (χ0) is 13.5. The first-order valence-electron chi connectivity index (χ1n) is 6.92. The van der Waals surface area contributed by atoms with Crippen molar-refractivity contribution in [2.24, 2.45) is 0 Å². The second-order valence-electron chi connectivity index (χ2n) is 5.07. The fraction of sp³-hybridized carbons (Fsp3) is 0.562. The molecule has 1 rings (SSSR count). The van der Waals surface area contributed by atoms with Crippen LogP contribution in [0.25, 0.3) is 0 Å². The van der Waals surface area contributed by atoms with Crippen LogP contribution in [0.15, 0.2) is 24.3 Å². The first kappa shape index (κ1) is 14.7. The number of anilines is 1. The Morgan fingerprint density at radius 1 is 1.33 bits per heavy atom. The van der Waals surface area contributed by atoms with Gasteiger partial charge in [-0.05, 0) is 38.0 Å². The average molecular weight is 247 g/mol. The summed E-state index contributed by atoms with van der Waals surface area (Å²) in [7, 11) is 0. The van der Waals surface area contributed by atoms with E-state index in [9.17, 15) is 4.79 Å². The summed E-state index contributed by atoms with van der Waals surface area (Å²) in [6.45, 7) is 8.05.